The van der Waals surface area contributed by atoms with Crippen LogP contribution in [0.4, 0.5) is 0 Å². The van der Waals surface area contributed by atoms with E-state index in [0.717, 1.165) is 15.4 Å². The number of benzene rings is 1. The molecule has 0 amide bonds. The molecule has 0 saturated carbocycles. The minimum atomic E-state index is -1.01. The number of carboxylic acid groups (broad SMARTS) is 1. The standard InChI is InChI=1S/C12H7BrN2O2/c13-8-2-3-10-7(5-8)1-4-11-14-9(12(16)17)6-15(10)11/h1-6H,(H,16,17). The Morgan fingerprint density at radius 2 is 2.12 bits per heavy atom. The Labute approximate surface area is 105 Å². The van der Waals surface area contributed by atoms with Crippen molar-refractivity contribution in [3.63, 3.8) is 0 Å². The predicted octanol–water partition coefficient (Wildman–Crippen LogP) is 2.95. The molecule has 2 aromatic heterocycles. The number of hydrogen-bond donors (Lipinski definition) is 1. The maximum atomic E-state index is 10.9. The second-order valence-corrected chi connectivity index (χ2v) is 4.61. The molecule has 2 heterocycles. The number of carboxylic acids is 1. The number of nitrogens with zero attached hydrogens (tertiary/aromatic N) is 2. The number of imidazole rings is 1. The Kier molecular flexibility index (Phi) is 2.16. The molecule has 1 aromatic carbocycles. The average molecular weight is 291 g/mol. The van der Waals surface area contributed by atoms with Crippen molar-refractivity contribution in [3.8, 4) is 0 Å². The highest BCUT2D eigenvalue weighted by Crippen LogP contribution is 2.21. The van der Waals surface area contributed by atoms with Crippen LogP contribution in [0.15, 0.2) is 41.0 Å². The third-order valence-electron chi connectivity index (χ3n) is 2.61. The molecule has 0 aliphatic heterocycles. The summed E-state index contributed by atoms with van der Waals surface area (Å²) in [5.74, 6) is -1.01. The molecule has 0 fully saturated rings. The molecule has 5 heteroatoms. The van der Waals surface area contributed by atoms with Crippen LogP contribution in [-0.2, 0) is 0 Å². The minimum Gasteiger partial charge on any atom is -0.476 e. The number of carbonyl (C=O) groups is 1. The largest absolute Gasteiger partial charge is 0.476 e. The molecule has 4 nitrogen and oxygen atoms in total. The van der Waals surface area contributed by atoms with E-state index in [1.165, 1.54) is 6.20 Å². The molecule has 0 atom stereocenters. The molecule has 0 spiro atoms. The van der Waals surface area contributed by atoms with Crippen LogP contribution in [-0.4, -0.2) is 20.5 Å². The lowest BCUT2D eigenvalue weighted by atomic mass is 10.2. The Hall–Kier alpha value is -1.88. The van der Waals surface area contributed by atoms with Gasteiger partial charge in [-0.3, -0.25) is 4.40 Å². The van der Waals surface area contributed by atoms with E-state index < -0.39 is 5.97 Å². The lowest BCUT2D eigenvalue weighted by molar-refractivity contribution is 0.0691. The van der Waals surface area contributed by atoms with Gasteiger partial charge in [0, 0.05) is 10.7 Å². The number of rotatable bonds is 1. The summed E-state index contributed by atoms with van der Waals surface area (Å²) in [6, 6.07) is 9.56. The van der Waals surface area contributed by atoms with Crippen LogP contribution in [0.2, 0.25) is 0 Å². The molecule has 0 aliphatic rings. The van der Waals surface area contributed by atoms with Crippen molar-refractivity contribution in [2.75, 3.05) is 0 Å². The van der Waals surface area contributed by atoms with Gasteiger partial charge in [-0.15, -0.1) is 0 Å². The Balaban J connectivity index is 2.42. The molecule has 0 radical (unpaired) electrons. The summed E-state index contributed by atoms with van der Waals surface area (Å²) in [4.78, 5) is 14.9. The molecule has 0 aliphatic carbocycles. The SMILES string of the molecule is O=C(O)c1cn2c(ccc3cc(Br)ccc32)n1. The number of fused-ring (bicyclic) bond motifs is 3. The van der Waals surface area contributed by atoms with Gasteiger partial charge in [-0.05, 0) is 35.7 Å². The summed E-state index contributed by atoms with van der Waals surface area (Å²) in [7, 11) is 0. The smallest absolute Gasteiger partial charge is 0.356 e. The van der Waals surface area contributed by atoms with Gasteiger partial charge in [-0.2, -0.15) is 0 Å². The van der Waals surface area contributed by atoms with Crippen molar-refractivity contribution in [3.05, 3.63) is 46.7 Å². The average Bonchev–Trinajstić information content (AvgIpc) is 2.72. The van der Waals surface area contributed by atoms with Crippen molar-refractivity contribution in [2.24, 2.45) is 0 Å². The van der Waals surface area contributed by atoms with Crippen molar-refractivity contribution in [2.45, 2.75) is 0 Å². The van der Waals surface area contributed by atoms with Gasteiger partial charge >= 0.3 is 5.97 Å². The number of aromatic carboxylic acids is 1. The van der Waals surface area contributed by atoms with E-state index in [-0.39, 0.29) is 5.69 Å². The summed E-state index contributed by atoms with van der Waals surface area (Å²) >= 11 is 3.41. The molecule has 84 valence electrons. The van der Waals surface area contributed by atoms with E-state index in [4.69, 9.17) is 5.11 Å². The zero-order valence-corrected chi connectivity index (χ0v) is 10.2. The van der Waals surface area contributed by atoms with E-state index in [0.29, 0.717) is 5.65 Å². The number of pyridine rings is 1. The predicted molar refractivity (Wildman–Crippen MR) is 67.4 cm³/mol. The first-order chi connectivity index (χ1) is 8.15. The Morgan fingerprint density at radius 1 is 1.29 bits per heavy atom. The van der Waals surface area contributed by atoms with Crippen molar-refractivity contribution >= 4 is 38.4 Å². The second kappa shape index (κ2) is 3.56. The van der Waals surface area contributed by atoms with Gasteiger partial charge in [-0.25, -0.2) is 9.78 Å². The van der Waals surface area contributed by atoms with Gasteiger partial charge in [0.15, 0.2) is 5.69 Å². The molecule has 3 aromatic rings. The van der Waals surface area contributed by atoms with Gasteiger partial charge in [0.1, 0.15) is 5.65 Å². The minimum absolute atomic E-state index is 0.0559. The third kappa shape index (κ3) is 1.59. The first kappa shape index (κ1) is 10.3. The molecule has 0 unspecified atom stereocenters. The fourth-order valence-corrected chi connectivity index (χ4v) is 2.23. The highest BCUT2D eigenvalue weighted by atomic mass is 79.9. The van der Waals surface area contributed by atoms with E-state index >= 15 is 0 Å². The second-order valence-electron chi connectivity index (χ2n) is 3.70. The van der Waals surface area contributed by atoms with Crippen molar-refractivity contribution < 1.29 is 9.90 Å². The number of halogens is 1. The summed E-state index contributed by atoms with van der Waals surface area (Å²) in [6.45, 7) is 0. The molecular formula is C12H7BrN2O2. The van der Waals surface area contributed by atoms with Crippen LogP contribution in [0.1, 0.15) is 10.5 Å². The van der Waals surface area contributed by atoms with Gasteiger partial charge in [0.25, 0.3) is 0 Å². The fourth-order valence-electron chi connectivity index (χ4n) is 1.85. The van der Waals surface area contributed by atoms with Gasteiger partial charge in [0.05, 0.1) is 5.52 Å². The molecule has 17 heavy (non-hydrogen) atoms. The number of hydrogen-bond acceptors (Lipinski definition) is 2. The van der Waals surface area contributed by atoms with Crippen LogP contribution < -0.4 is 0 Å². The zero-order chi connectivity index (χ0) is 12.0. The molecule has 3 rings (SSSR count). The van der Waals surface area contributed by atoms with E-state index in [9.17, 15) is 4.79 Å². The van der Waals surface area contributed by atoms with Crippen LogP contribution in [0.3, 0.4) is 0 Å². The summed E-state index contributed by atoms with van der Waals surface area (Å²) < 4.78 is 2.77. The normalized spacial score (nSPS) is 11.1. The summed E-state index contributed by atoms with van der Waals surface area (Å²) in [5.41, 5.74) is 1.63. The topological polar surface area (TPSA) is 54.6 Å². The van der Waals surface area contributed by atoms with Gasteiger partial charge < -0.3 is 5.11 Å². The maximum Gasteiger partial charge on any atom is 0.356 e. The molecule has 0 bridgehead atoms. The Morgan fingerprint density at radius 3 is 2.88 bits per heavy atom. The van der Waals surface area contributed by atoms with Crippen molar-refractivity contribution in [1.82, 2.24) is 9.38 Å². The maximum absolute atomic E-state index is 10.9. The van der Waals surface area contributed by atoms with E-state index in [1.807, 2.05) is 24.3 Å². The van der Waals surface area contributed by atoms with Gasteiger partial charge in [-0.1, -0.05) is 15.9 Å². The summed E-state index contributed by atoms with van der Waals surface area (Å²) in [6.07, 6.45) is 1.54. The zero-order valence-electron chi connectivity index (χ0n) is 8.59. The first-order valence-corrected chi connectivity index (χ1v) is 5.75. The Bertz CT molecular complexity index is 749. The van der Waals surface area contributed by atoms with E-state index in [2.05, 4.69) is 20.9 Å². The van der Waals surface area contributed by atoms with Crippen LogP contribution >= 0.6 is 15.9 Å². The van der Waals surface area contributed by atoms with Crippen LogP contribution in [0.5, 0.6) is 0 Å². The lowest BCUT2D eigenvalue weighted by Gasteiger charge is -2.01. The molecule has 1 N–H and O–H groups in total. The lowest BCUT2D eigenvalue weighted by Crippen LogP contribution is -1.94. The van der Waals surface area contributed by atoms with E-state index in [1.54, 1.807) is 10.5 Å². The number of aromatic nitrogens is 2. The van der Waals surface area contributed by atoms with Crippen LogP contribution in [0.25, 0.3) is 16.6 Å². The molecule has 0 saturated heterocycles. The van der Waals surface area contributed by atoms with Crippen LogP contribution in [0, 0.1) is 0 Å². The monoisotopic (exact) mass is 290 g/mol. The van der Waals surface area contributed by atoms with Crippen molar-refractivity contribution in [1.29, 1.82) is 0 Å². The first-order valence-electron chi connectivity index (χ1n) is 4.96. The highest BCUT2D eigenvalue weighted by molar-refractivity contribution is 9.10. The fraction of sp³-hybridized carbons (Fsp3) is 0. The highest BCUT2D eigenvalue weighted by Gasteiger charge is 2.10. The summed E-state index contributed by atoms with van der Waals surface area (Å²) in [5, 5.41) is 9.95. The quantitative estimate of drug-likeness (QED) is 0.750. The van der Waals surface area contributed by atoms with Gasteiger partial charge in [0.2, 0.25) is 0 Å². The third-order valence-corrected chi connectivity index (χ3v) is 3.11. The molecular weight excluding hydrogens is 284 g/mol.